The minimum absolute atomic E-state index is 0.150. The molecule has 19 heavy (non-hydrogen) atoms. The second kappa shape index (κ2) is 6.52. The monoisotopic (exact) mass is 267 g/mol. The van der Waals surface area contributed by atoms with Gasteiger partial charge in [0.1, 0.15) is 11.6 Å². The number of carbonyl (C=O) groups excluding carboxylic acids is 1. The van der Waals surface area contributed by atoms with E-state index in [2.05, 4.69) is 5.32 Å². The number of benzene rings is 1. The third kappa shape index (κ3) is 3.92. The lowest BCUT2D eigenvalue weighted by atomic mass is 10.1. The van der Waals surface area contributed by atoms with Crippen LogP contribution in [0, 0.1) is 5.82 Å². The molecular weight excluding hydrogens is 249 g/mol. The van der Waals surface area contributed by atoms with E-state index in [1.807, 2.05) is 0 Å². The first-order chi connectivity index (χ1) is 9.19. The van der Waals surface area contributed by atoms with Crippen molar-refractivity contribution in [2.45, 2.75) is 31.8 Å². The summed E-state index contributed by atoms with van der Waals surface area (Å²) in [4.78, 5) is 11.7. The van der Waals surface area contributed by atoms with Gasteiger partial charge in [0.05, 0.1) is 18.9 Å². The molecule has 5 heteroatoms. The van der Waals surface area contributed by atoms with Gasteiger partial charge in [-0.2, -0.15) is 0 Å². The normalized spacial score (nSPS) is 18.3. The van der Waals surface area contributed by atoms with Crippen LogP contribution >= 0.6 is 0 Å². The molecule has 1 aliphatic rings. The molecule has 1 atom stereocenters. The molecule has 0 aliphatic carbocycles. The summed E-state index contributed by atoms with van der Waals surface area (Å²) in [6.45, 7) is 0.775. The molecule has 1 aliphatic heterocycles. The number of nitrogens with one attached hydrogen (secondary N) is 1. The topological polar surface area (TPSA) is 47.6 Å². The summed E-state index contributed by atoms with van der Waals surface area (Å²) in [5, 5.41) is 2.56. The predicted molar refractivity (Wildman–Crippen MR) is 69.8 cm³/mol. The van der Waals surface area contributed by atoms with Crippen molar-refractivity contribution in [3.05, 3.63) is 24.0 Å². The van der Waals surface area contributed by atoms with Crippen LogP contribution in [0.25, 0.3) is 0 Å². The standard InChI is InChI=1S/C14H18FNO3/c1-18-11-4-6-12(15)13(9-11)16-14(17)7-5-10-3-2-8-19-10/h4,6,9-10H,2-3,5,7-8H2,1H3,(H,16,17)/t10-/m0/s1. The first-order valence-corrected chi connectivity index (χ1v) is 6.44. The van der Waals surface area contributed by atoms with Gasteiger partial charge in [-0.15, -0.1) is 0 Å². The van der Waals surface area contributed by atoms with Gasteiger partial charge in [-0.1, -0.05) is 0 Å². The van der Waals surface area contributed by atoms with Gasteiger partial charge in [0.25, 0.3) is 0 Å². The first-order valence-electron chi connectivity index (χ1n) is 6.44. The van der Waals surface area contributed by atoms with Crippen LogP contribution in [0.15, 0.2) is 18.2 Å². The van der Waals surface area contributed by atoms with E-state index >= 15 is 0 Å². The van der Waals surface area contributed by atoms with Crippen molar-refractivity contribution < 1.29 is 18.7 Å². The number of rotatable bonds is 5. The Bertz CT molecular complexity index is 444. The minimum atomic E-state index is -0.466. The lowest BCUT2D eigenvalue weighted by Crippen LogP contribution is -2.16. The zero-order chi connectivity index (χ0) is 13.7. The highest BCUT2D eigenvalue weighted by atomic mass is 19.1. The maximum absolute atomic E-state index is 13.5. The van der Waals surface area contributed by atoms with Gasteiger partial charge in [-0.25, -0.2) is 4.39 Å². The molecule has 0 saturated carbocycles. The highest BCUT2D eigenvalue weighted by molar-refractivity contribution is 5.91. The quantitative estimate of drug-likeness (QED) is 0.892. The average Bonchev–Trinajstić information content (AvgIpc) is 2.92. The number of amides is 1. The van der Waals surface area contributed by atoms with Crippen LogP contribution < -0.4 is 10.1 Å². The van der Waals surface area contributed by atoms with Crippen molar-refractivity contribution in [2.75, 3.05) is 19.0 Å². The number of carbonyl (C=O) groups is 1. The Hall–Kier alpha value is -1.62. The SMILES string of the molecule is COc1ccc(F)c(NC(=O)CC[C@@H]2CCCO2)c1. The molecule has 1 saturated heterocycles. The number of hydrogen-bond donors (Lipinski definition) is 1. The second-order valence-corrected chi connectivity index (χ2v) is 4.57. The van der Waals surface area contributed by atoms with Crippen molar-refractivity contribution in [2.24, 2.45) is 0 Å². The average molecular weight is 267 g/mol. The maximum atomic E-state index is 13.5. The lowest BCUT2D eigenvalue weighted by Gasteiger charge is -2.10. The summed E-state index contributed by atoms with van der Waals surface area (Å²) < 4.78 is 23.9. The molecule has 1 fully saturated rings. The molecule has 1 N–H and O–H groups in total. The Morgan fingerprint density at radius 2 is 2.42 bits per heavy atom. The molecule has 0 radical (unpaired) electrons. The van der Waals surface area contributed by atoms with Gasteiger partial charge in [-0.05, 0) is 31.4 Å². The first kappa shape index (κ1) is 13.8. The maximum Gasteiger partial charge on any atom is 0.224 e. The van der Waals surface area contributed by atoms with Crippen LogP contribution in [-0.4, -0.2) is 25.7 Å². The Morgan fingerprint density at radius 1 is 1.58 bits per heavy atom. The van der Waals surface area contributed by atoms with Crippen molar-refractivity contribution in [1.29, 1.82) is 0 Å². The van der Waals surface area contributed by atoms with Crippen LogP contribution in [0.1, 0.15) is 25.7 Å². The number of ether oxygens (including phenoxy) is 2. The molecule has 1 aromatic rings. The highest BCUT2D eigenvalue weighted by Crippen LogP contribution is 2.22. The molecule has 0 spiro atoms. The molecule has 4 nitrogen and oxygen atoms in total. The van der Waals surface area contributed by atoms with E-state index in [1.165, 1.54) is 25.3 Å². The van der Waals surface area contributed by atoms with Gasteiger partial charge < -0.3 is 14.8 Å². The summed E-state index contributed by atoms with van der Waals surface area (Å²) >= 11 is 0. The second-order valence-electron chi connectivity index (χ2n) is 4.57. The molecule has 0 aromatic heterocycles. The van der Waals surface area contributed by atoms with E-state index in [1.54, 1.807) is 0 Å². The summed E-state index contributed by atoms with van der Waals surface area (Å²) in [7, 11) is 1.50. The van der Waals surface area contributed by atoms with Crippen molar-refractivity contribution >= 4 is 11.6 Å². The molecule has 1 aromatic carbocycles. The highest BCUT2D eigenvalue weighted by Gasteiger charge is 2.17. The Kier molecular flexibility index (Phi) is 4.74. The van der Waals surface area contributed by atoms with Gasteiger partial charge in [0, 0.05) is 19.1 Å². The summed E-state index contributed by atoms with van der Waals surface area (Å²) in [6.07, 6.45) is 3.23. The lowest BCUT2D eigenvalue weighted by molar-refractivity contribution is -0.116. The van der Waals surface area contributed by atoms with Crippen LogP contribution in [0.2, 0.25) is 0 Å². The molecule has 0 bridgehead atoms. The van der Waals surface area contributed by atoms with Crippen molar-refractivity contribution in [3.8, 4) is 5.75 Å². The third-order valence-electron chi connectivity index (χ3n) is 3.16. The summed E-state index contributed by atoms with van der Waals surface area (Å²) in [5.74, 6) is -0.162. The van der Waals surface area contributed by atoms with Crippen LogP contribution in [-0.2, 0) is 9.53 Å². The van der Waals surface area contributed by atoms with Crippen molar-refractivity contribution in [3.63, 3.8) is 0 Å². The summed E-state index contributed by atoms with van der Waals surface area (Å²) in [6, 6.07) is 4.26. The van der Waals surface area contributed by atoms with E-state index in [0.29, 0.717) is 18.6 Å². The molecule has 1 heterocycles. The van der Waals surface area contributed by atoms with Gasteiger partial charge in [0.2, 0.25) is 5.91 Å². The van der Waals surface area contributed by atoms with E-state index in [9.17, 15) is 9.18 Å². The third-order valence-corrected chi connectivity index (χ3v) is 3.16. The molecular formula is C14H18FNO3. The fraction of sp³-hybridized carbons (Fsp3) is 0.500. The fourth-order valence-corrected chi connectivity index (χ4v) is 2.10. The molecule has 0 unspecified atom stereocenters. The number of hydrogen-bond acceptors (Lipinski definition) is 3. The number of methoxy groups -OCH3 is 1. The molecule has 2 rings (SSSR count). The zero-order valence-electron chi connectivity index (χ0n) is 10.9. The fourth-order valence-electron chi connectivity index (χ4n) is 2.10. The smallest absolute Gasteiger partial charge is 0.224 e. The predicted octanol–water partition coefficient (Wildman–Crippen LogP) is 2.73. The minimum Gasteiger partial charge on any atom is -0.497 e. The zero-order valence-corrected chi connectivity index (χ0v) is 10.9. The largest absolute Gasteiger partial charge is 0.497 e. The van der Waals surface area contributed by atoms with Crippen LogP contribution in [0.4, 0.5) is 10.1 Å². The van der Waals surface area contributed by atoms with Gasteiger partial charge in [-0.3, -0.25) is 4.79 Å². The van der Waals surface area contributed by atoms with E-state index < -0.39 is 5.82 Å². The Balaban J connectivity index is 1.87. The van der Waals surface area contributed by atoms with E-state index in [-0.39, 0.29) is 17.7 Å². The Morgan fingerprint density at radius 3 is 3.11 bits per heavy atom. The molecule has 104 valence electrons. The Labute approximate surface area is 111 Å². The molecule has 1 amide bonds. The van der Waals surface area contributed by atoms with E-state index in [0.717, 1.165) is 19.4 Å². The van der Waals surface area contributed by atoms with Crippen molar-refractivity contribution in [1.82, 2.24) is 0 Å². The van der Waals surface area contributed by atoms with Crippen LogP contribution in [0.5, 0.6) is 5.75 Å². The van der Waals surface area contributed by atoms with Gasteiger partial charge in [0.15, 0.2) is 0 Å². The van der Waals surface area contributed by atoms with E-state index in [4.69, 9.17) is 9.47 Å². The number of anilines is 1. The summed E-state index contributed by atoms with van der Waals surface area (Å²) in [5.41, 5.74) is 0.150. The number of halogens is 1. The van der Waals surface area contributed by atoms with Crippen LogP contribution in [0.3, 0.4) is 0 Å². The van der Waals surface area contributed by atoms with Gasteiger partial charge >= 0.3 is 0 Å².